The molecule has 0 aliphatic rings. The van der Waals surface area contributed by atoms with Gasteiger partial charge in [-0.1, -0.05) is 44.2 Å². The molecular formula is C13H19NO2. The van der Waals surface area contributed by atoms with Gasteiger partial charge in [-0.25, -0.2) is 0 Å². The zero-order valence-corrected chi connectivity index (χ0v) is 9.81. The number of carbonyl (C=O) groups is 1. The summed E-state index contributed by atoms with van der Waals surface area (Å²) in [5.74, 6) is 0.313. The fourth-order valence-electron chi connectivity index (χ4n) is 1.54. The zero-order chi connectivity index (χ0) is 12.0. The molecule has 3 nitrogen and oxygen atoms in total. The van der Waals surface area contributed by atoms with Crippen LogP contribution in [0.3, 0.4) is 0 Å². The number of benzene rings is 1. The molecule has 1 rings (SSSR count). The van der Waals surface area contributed by atoms with Crippen molar-refractivity contribution in [2.75, 3.05) is 6.61 Å². The van der Waals surface area contributed by atoms with E-state index in [0.29, 0.717) is 12.3 Å². The van der Waals surface area contributed by atoms with Gasteiger partial charge in [-0.2, -0.15) is 0 Å². The van der Waals surface area contributed by atoms with Crippen molar-refractivity contribution in [3.63, 3.8) is 0 Å². The quantitative estimate of drug-likeness (QED) is 0.797. The third kappa shape index (κ3) is 4.03. The molecule has 0 aliphatic carbocycles. The van der Waals surface area contributed by atoms with E-state index in [1.54, 1.807) is 0 Å². The first kappa shape index (κ1) is 12.7. The number of aliphatic hydroxyl groups is 1. The number of hydrogen-bond donors (Lipinski definition) is 2. The maximum Gasteiger partial charge on any atom is 0.220 e. The zero-order valence-electron chi connectivity index (χ0n) is 9.81. The Morgan fingerprint density at radius 3 is 2.44 bits per heavy atom. The van der Waals surface area contributed by atoms with Gasteiger partial charge in [0.1, 0.15) is 0 Å². The van der Waals surface area contributed by atoms with Crippen molar-refractivity contribution >= 4 is 5.91 Å². The largest absolute Gasteiger partial charge is 0.394 e. The second-order valence-corrected chi connectivity index (χ2v) is 4.31. The van der Waals surface area contributed by atoms with Gasteiger partial charge in [0.05, 0.1) is 12.6 Å². The maximum absolute atomic E-state index is 11.6. The summed E-state index contributed by atoms with van der Waals surface area (Å²) in [6.45, 7) is 3.92. The highest BCUT2D eigenvalue weighted by Gasteiger charge is 2.13. The Morgan fingerprint density at radius 2 is 1.94 bits per heavy atom. The second-order valence-electron chi connectivity index (χ2n) is 4.31. The average Bonchev–Trinajstić information content (AvgIpc) is 2.26. The summed E-state index contributed by atoms with van der Waals surface area (Å²) in [4.78, 5) is 11.6. The molecule has 0 saturated heterocycles. The fourth-order valence-corrected chi connectivity index (χ4v) is 1.54. The van der Waals surface area contributed by atoms with Crippen LogP contribution in [-0.4, -0.2) is 17.6 Å². The van der Waals surface area contributed by atoms with Crippen LogP contribution >= 0.6 is 0 Å². The van der Waals surface area contributed by atoms with Crippen LogP contribution in [0.25, 0.3) is 0 Å². The highest BCUT2D eigenvalue weighted by molar-refractivity contribution is 5.76. The first-order valence-electron chi connectivity index (χ1n) is 5.58. The van der Waals surface area contributed by atoms with Crippen molar-refractivity contribution in [3.05, 3.63) is 35.9 Å². The van der Waals surface area contributed by atoms with E-state index in [2.05, 4.69) is 5.32 Å². The van der Waals surface area contributed by atoms with Gasteiger partial charge in [-0.15, -0.1) is 0 Å². The first-order valence-corrected chi connectivity index (χ1v) is 5.58. The summed E-state index contributed by atoms with van der Waals surface area (Å²) < 4.78 is 0. The average molecular weight is 221 g/mol. The van der Waals surface area contributed by atoms with Crippen molar-refractivity contribution in [1.82, 2.24) is 5.32 Å². The molecule has 0 spiro atoms. The molecule has 88 valence electrons. The number of amides is 1. The molecule has 0 radical (unpaired) electrons. The lowest BCUT2D eigenvalue weighted by Crippen LogP contribution is -2.31. The van der Waals surface area contributed by atoms with Crippen LogP contribution in [0.15, 0.2) is 30.3 Å². The Labute approximate surface area is 96.5 Å². The van der Waals surface area contributed by atoms with Crippen LogP contribution < -0.4 is 5.32 Å². The van der Waals surface area contributed by atoms with Gasteiger partial charge >= 0.3 is 0 Å². The Hall–Kier alpha value is -1.35. The monoisotopic (exact) mass is 221 g/mol. The van der Waals surface area contributed by atoms with E-state index < -0.39 is 0 Å². The molecule has 0 heterocycles. The van der Waals surface area contributed by atoms with Gasteiger partial charge in [0.2, 0.25) is 5.91 Å². The van der Waals surface area contributed by atoms with Crippen LogP contribution in [0.1, 0.15) is 31.9 Å². The van der Waals surface area contributed by atoms with Gasteiger partial charge in [-0.3, -0.25) is 4.79 Å². The Morgan fingerprint density at radius 1 is 1.31 bits per heavy atom. The maximum atomic E-state index is 11.6. The summed E-state index contributed by atoms with van der Waals surface area (Å²) in [6.07, 6.45) is 0.489. The molecule has 0 aromatic heterocycles. The van der Waals surface area contributed by atoms with Crippen molar-refractivity contribution in [3.8, 4) is 0 Å². The number of aliphatic hydroxyl groups excluding tert-OH is 1. The first-order chi connectivity index (χ1) is 7.63. The topological polar surface area (TPSA) is 49.3 Å². The van der Waals surface area contributed by atoms with E-state index in [9.17, 15) is 9.90 Å². The molecule has 0 fully saturated rings. The van der Waals surface area contributed by atoms with Crippen LogP contribution in [0.2, 0.25) is 0 Å². The van der Waals surface area contributed by atoms with Crippen LogP contribution in [-0.2, 0) is 4.79 Å². The summed E-state index contributed by atoms with van der Waals surface area (Å²) >= 11 is 0. The molecule has 0 aliphatic heterocycles. The van der Waals surface area contributed by atoms with Crippen molar-refractivity contribution in [1.29, 1.82) is 0 Å². The van der Waals surface area contributed by atoms with Gasteiger partial charge < -0.3 is 10.4 Å². The van der Waals surface area contributed by atoms with Gasteiger partial charge in [0.25, 0.3) is 0 Å². The molecule has 1 atom stereocenters. The Kier molecular flexibility index (Phi) is 4.99. The number of rotatable bonds is 5. The highest BCUT2D eigenvalue weighted by Crippen LogP contribution is 2.12. The molecule has 16 heavy (non-hydrogen) atoms. The smallest absolute Gasteiger partial charge is 0.220 e. The van der Waals surface area contributed by atoms with Gasteiger partial charge in [0, 0.05) is 6.42 Å². The molecule has 0 saturated carbocycles. The minimum atomic E-state index is -0.299. The van der Waals surface area contributed by atoms with Crippen LogP contribution in [0, 0.1) is 5.92 Å². The standard InChI is InChI=1S/C13H19NO2/c1-10(2)8-13(16)14-12(9-15)11-6-4-3-5-7-11/h3-7,10,12,15H,8-9H2,1-2H3,(H,14,16)/t12-/m0/s1. The molecule has 1 aromatic carbocycles. The molecular weight excluding hydrogens is 202 g/mol. The minimum Gasteiger partial charge on any atom is -0.394 e. The molecule has 0 bridgehead atoms. The van der Waals surface area contributed by atoms with Crippen molar-refractivity contribution < 1.29 is 9.90 Å². The number of hydrogen-bond acceptors (Lipinski definition) is 2. The van der Waals surface area contributed by atoms with Gasteiger partial charge in [0.15, 0.2) is 0 Å². The Bertz CT molecular complexity index is 322. The van der Waals surface area contributed by atoms with E-state index in [4.69, 9.17) is 0 Å². The second kappa shape index (κ2) is 6.28. The molecule has 1 aromatic rings. The van der Waals surface area contributed by atoms with E-state index in [1.165, 1.54) is 0 Å². The summed E-state index contributed by atoms with van der Waals surface area (Å²) in [5, 5.41) is 12.1. The summed E-state index contributed by atoms with van der Waals surface area (Å²) in [5.41, 5.74) is 0.933. The third-order valence-corrected chi connectivity index (χ3v) is 2.31. The number of nitrogens with one attached hydrogen (secondary N) is 1. The fraction of sp³-hybridized carbons (Fsp3) is 0.462. The normalized spacial score (nSPS) is 12.5. The van der Waals surface area contributed by atoms with Crippen LogP contribution in [0.4, 0.5) is 0 Å². The third-order valence-electron chi connectivity index (χ3n) is 2.31. The SMILES string of the molecule is CC(C)CC(=O)N[C@@H](CO)c1ccccc1. The molecule has 2 N–H and O–H groups in total. The van der Waals surface area contributed by atoms with Crippen molar-refractivity contribution in [2.45, 2.75) is 26.3 Å². The predicted octanol–water partition coefficient (Wildman–Crippen LogP) is 1.88. The predicted molar refractivity (Wildman–Crippen MR) is 63.9 cm³/mol. The summed E-state index contributed by atoms with van der Waals surface area (Å²) in [7, 11) is 0. The lowest BCUT2D eigenvalue weighted by Gasteiger charge is -2.17. The lowest BCUT2D eigenvalue weighted by atomic mass is 10.1. The highest BCUT2D eigenvalue weighted by atomic mass is 16.3. The van der Waals surface area contributed by atoms with Crippen LogP contribution in [0.5, 0.6) is 0 Å². The number of carbonyl (C=O) groups excluding carboxylic acids is 1. The van der Waals surface area contributed by atoms with E-state index in [-0.39, 0.29) is 18.6 Å². The van der Waals surface area contributed by atoms with E-state index in [0.717, 1.165) is 5.56 Å². The minimum absolute atomic E-state index is 0.0158. The van der Waals surface area contributed by atoms with E-state index >= 15 is 0 Å². The summed E-state index contributed by atoms with van der Waals surface area (Å²) in [6, 6.07) is 9.20. The van der Waals surface area contributed by atoms with Crippen molar-refractivity contribution in [2.24, 2.45) is 5.92 Å². The lowest BCUT2D eigenvalue weighted by molar-refractivity contribution is -0.122. The molecule has 3 heteroatoms. The molecule has 1 amide bonds. The van der Waals surface area contributed by atoms with Gasteiger partial charge in [-0.05, 0) is 11.5 Å². The van der Waals surface area contributed by atoms with E-state index in [1.807, 2.05) is 44.2 Å². The molecule has 0 unspecified atom stereocenters. The Balaban J connectivity index is 2.59.